The summed E-state index contributed by atoms with van der Waals surface area (Å²) >= 11 is 0. The van der Waals surface area contributed by atoms with Crippen molar-refractivity contribution in [2.45, 2.75) is 32.4 Å². The van der Waals surface area contributed by atoms with Crippen LogP contribution in [-0.2, 0) is 4.79 Å². The molecule has 0 aromatic rings. The summed E-state index contributed by atoms with van der Waals surface area (Å²) in [5.41, 5.74) is 0. The summed E-state index contributed by atoms with van der Waals surface area (Å²) in [6.07, 6.45) is 0.000842. The molecule has 0 rings (SSSR count). The Morgan fingerprint density at radius 2 is 1.86 bits per heavy atom. The lowest BCUT2D eigenvalue weighted by Gasteiger charge is -2.15. The van der Waals surface area contributed by atoms with E-state index < -0.39 is 18.0 Å². The molecule has 0 saturated heterocycles. The van der Waals surface area contributed by atoms with Crippen LogP contribution in [0.25, 0.3) is 0 Å². The third kappa shape index (κ3) is 5.36. The minimum absolute atomic E-state index is 0.000842. The van der Waals surface area contributed by atoms with Crippen molar-refractivity contribution >= 4 is 12.0 Å². The maximum atomic E-state index is 11.1. The highest BCUT2D eigenvalue weighted by Gasteiger charge is 2.18. The summed E-state index contributed by atoms with van der Waals surface area (Å²) in [7, 11) is 0. The van der Waals surface area contributed by atoms with Gasteiger partial charge in [-0.3, -0.25) is 0 Å². The number of aliphatic hydroxyl groups is 1. The fourth-order valence-corrected chi connectivity index (χ4v) is 0.849. The third-order valence-corrected chi connectivity index (χ3v) is 1.44. The molecule has 0 aliphatic carbocycles. The molecule has 0 spiro atoms. The zero-order chi connectivity index (χ0) is 11.1. The van der Waals surface area contributed by atoms with Gasteiger partial charge >= 0.3 is 12.0 Å². The quantitative estimate of drug-likeness (QED) is 0.486. The second kappa shape index (κ2) is 6.20. The van der Waals surface area contributed by atoms with E-state index in [0.717, 1.165) is 0 Å². The molecule has 0 fully saturated rings. The Bertz CT molecular complexity index is 206. The van der Waals surface area contributed by atoms with E-state index in [4.69, 9.17) is 10.2 Å². The van der Waals surface area contributed by atoms with Crippen molar-refractivity contribution in [3.8, 4) is 0 Å². The van der Waals surface area contributed by atoms with E-state index in [9.17, 15) is 9.59 Å². The number of carbonyl (C=O) groups is 2. The van der Waals surface area contributed by atoms with E-state index in [0.29, 0.717) is 0 Å². The van der Waals surface area contributed by atoms with Crippen LogP contribution in [0.2, 0.25) is 0 Å². The summed E-state index contributed by atoms with van der Waals surface area (Å²) in [6, 6.07) is -1.64. The molecule has 0 saturated carbocycles. The first-order valence-electron chi connectivity index (χ1n) is 4.38. The monoisotopic (exact) mass is 204 g/mol. The lowest BCUT2D eigenvalue weighted by molar-refractivity contribution is -0.139. The number of rotatable bonds is 5. The maximum absolute atomic E-state index is 11.1. The van der Waals surface area contributed by atoms with E-state index in [1.807, 2.05) is 0 Å². The number of nitrogens with one attached hydrogen (secondary N) is 2. The molecule has 0 aliphatic heterocycles. The Labute approximate surface area is 82.3 Å². The van der Waals surface area contributed by atoms with Crippen LogP contribution in [0, 0.1) is 0 Å². The number of aliphatic hydroxyl groups excluding tert-OH is 1. The zero-order valence-electron chi connectivity index (χ0n) is 8.28. The molecule has 0 aromatic carbocycles. The molecule has 1 atom stereocenters. The van der Waals surface area contributed by atoms with Crippen molar-refractivity contribution in [1.29, 1.82) is 0 Å². The predicted molar refractivity (Wildman–Crippen MR) is 49.9 cm³/mol. The lowest BCUT2D eigenvalue weighted by Crippen LogP contribution is -2.48. The van der Waals surface area contributed by atoms with Crippen LogP contribution in [0.15, 0.2) is 0 Å². The van der Waals surface area contributed by atoms with Crippen LogP contribution in [0.5, 0.6) is 0 Å². The maximum Gasteiger partial charge on any atom is 0.326 e. The highest BCUT2D eigenvalue weighted by Crippen LogP contribution is 1.91. The molecule has 0 heterocycles. The van der Waals surface area contributed by atoms with Crippen molar-refractivity contribution in [2.24, 2.45) is 0 Å². The highest BCUT2D eigenvalue weighted by molar-refractivity contribution is 5.82. The summed E-state index contributed by atoms with van der Waals surface area (Å²) in [6.45, 7) is 3.25. The van der Waals surface area contributed by atoms with Crippen LogP contribution in [0.4, 0.5) is 4.79 Å². The predicted octanol–water partition coefficient (Wildman–Crippen LogP) is -0.470. The molecule has 0 radical (unpaired) electrons. The minimum atomic E-state index is -1.15. The molecule has 6 nitrogen and oxygen atoms in total. The summed E-state index contributed by atoms with van der Waals surface area (Å²) < 4.78 is 0. The Morgan fingerprint density at radius 1 is 1.29 bits per heavy atom. The SMILES string of the molecule is CC(C)NC(=O)N[C@@H](CCO)C(=O)O. The van der Waals surface area contributed by atoms with E-state index in [-0.39, 0.29) is 19.1 Å². The zero-order valence-corrected chi connectivity index (χ0v) is 8.28. The van der Waals surface area contributed by atoms with Gasteiger partial charge in [0.2, 0.25) is 0 Å². The molecule has 0 aliphatic rings. The van der Waals surface area contributed by atoms with Crippen molar-refractivity contribution < 1.29 is 19.8 Å². The van der Waals surface area contributed by atoms with Crippen LogP contribution >= 0.6 is 0 Å². The van der Waals surface area contributed by atoms with E-state index in [1.165, 1.54) is 0 Å². The third-order valence-electron chi connectivity index (χ3n) is 1.44. The summed E-state index contributed by atoms with van der Waals surface area (Å²) in [5, 5.41) is 21.9. The molecule has 0 aromatic heterocycles. The summed E-state index contributed by atoms with van der Waals surface area (Å²) in [4.78, 5) is 21.6. The summed E-state index contributed by atoms with van der Waals surface area (Å²) in [5.74, 6) is -1.15. The largest absolute Gasteiger partial charge is 0.480 e. The standard InChI is InChI=1S/C8H16N2O4/c1-5(2)9-8(14)10-6(3-4-11)7(12)13/h5-6,11H,3-4H2,1-2H3,(H,12,13)(H2,9,10,14)/t6-/m0/s1. The first-order chi connectivity index (χ1) is 6.47. The van der Waals surface area contributed by atoms with Crippen LogP contribution < -0.4 is 10.6 Å². The van der Waals surface area contributed by atoms with E-state index >= 15 is 0 Å². The Kier molecular flexibility index (Phi) is 5.62. The van der Waals surface area contributed by atoms with Crippen LogP contribution in [0.3, 0.4) is 0 Å². The van der Waals surface area contributed by atoms with Gasteiger partial charge in [0.05, 0.1) is 0 Å². The number of hydrogen-bond donors (Lipinski definition) is 4. The number of carboxylic acid groups (broad SMARTS) is 1. The number of aliphatic carboxylic acids is 1. The highest BCUT2D eigenvalue weighted by atomic mass is 16.4. The van der Waals surface area contributed by atoms with Gasteiger partial charge in [-0.1, -0.05) is 0 Å². The van der Waals surface area contributed by atoms with Crippen LogP contribution in [0.1, 0.15) is 20.3 Å². The lowest BCUT2D eigenvalue weighted by atomic mass is 10.2. The number of carbonyl (C=O) groups excluding carboxylic acids is 1. The Balaban J connectivity index is 4.02. The van der Waals surface area contributed by atoms with Gasteiger partial charge in [-0.15, -0.1) is 0 Å². The van der Waals surface area contributed by atoms with Gasteiger partial charge in [0.1, 0.15) is 6.04 Å². The molecule has 0 bridgehead atoms. The molecular weight excluding hydrogens is 188 g/mol. The fourth-order valence-electron chi connectivity index (χ4n) is 0.849. The van der Waals surface area contributed by atoms with Crippen molar-refractivity contribution in [3.63, 3.8) is 0 Å². The number of hydrogen-bond acceptors (Lipinski definition) is 3. The molecule has 4 N–H and O–H groups in total. The second-order valence-corrected chi connectivity index (χ2v) is 3.18. The van der Waals surface area contributed by atoms with E-state index in [1.54, 1.807) is 13.8 Å². The molecule has 14 heavy (non-hydrogen) atoms. The average molecular weight is 204 g/mol. The topological polar surface area (TPSA) is 98.7 Å². The van der Waals surface area contributed by atoms with Gasteiger partial charge < -0.3 is 20.8 Å². The first kappa shape index (κ1) is 12.7. The first-order valence-corrected chi connectivity index (χ1v) is 4.38. The molecule has 2 amide bonds. The van der Waals surface area contributed by atoms with Gasteiger partial charge in [0.15, 0.2) is 0 Å². The van der Waals surface area contributed by atoms with Crippen molar-refractivity contribution in [2.75, 3.05) is 6.61 Å². The van der Waals surface area contributed by atoms with Crippen LogP contribution in [-0.4, -0.2) is 40.9 Å². The molecular formula is C8H16N2O4. The van der Waals surface area contributed by atoms with Crippen molar-refractivity contribution in [3.05, 3.63) is 0 Å². The molecule has 6 heteroatoms. The van der Waals surface area contributed by atoms with Gasteiger partial charge in [0, 0.05) is 19.1 Å². The number of carboxylic acids is 1. The Hall–Kier alpha value is -1.30. The minimum Gasteiger partial charge on any atom is -0.480 e. The fraction of sp³-hybridized carbons (Fsp3) is 0.750. The smallest absolute Gasteiger partial charge is 0.326 e. The Morgan fingerprint density at radius 3 is 2.21 bits per heavy atom. The molecule has 0 unspecified atom stereocenters. The van der Waals surface area contributed by atoms with Gasteiger partial charge in [-0.05, 0) is 13.8 Å². The van der Waals surface area contributed by atoms with Crippen molar-refractivity contribution in [1.82, 2.24) is 10.6 Å². The number of amides is 2. The average Bonchev–Trinajstić information content (AvgIpc) is 2.01. The molecule has 82 valence electrons. The van der Waals surface area contributed by atoms with Gasteiger partial charge in [-0.2, -0.15) is 0 Å². The normalized spacial score (nSPS) is 12.3. The second-order valence-electron chi connectivity index (χ2n) is 3.18. The number of urea groups is 1. The van der Waals surface area contributed by atoms with Gasteiger partial charge in [0.25, 0.3) is 0 Å². The van der Waals surface area contributed by atoms with Gasteiger partial charge in [-0.25, -0.2) is 9.59 Å². The van der Waals surface area contributed by atoms with E-state index in [2.05, 4.69) is 10.6 Å².